The van der Waals surface area contributed by atoms with Gasteiger partial charge in [0.25, 0.3) is 5.78 Å². The summed E-state index contributed by atoms with van der Waals surface area (Å²) in [7, 11) is 0. The summed E-state index contributed by atoms with van der Waals surface area (Å²) in [4.78, 5) is 14.7. The van der Waals surface area contributed by atoms with Gasteiger partial charge in [0, 0.05) is 43.2 Å². The second-order valence-electron chi connectivity index (χ2n) is 5.51. The summed E-state index contributed by atoms with van der Waals surface area (Å²) < 4.78 is 7.77. The molecule has 1 fully saturated rings. The molecule has 23 heavy (non-hydrogen) atoms. The molecule has 0 aliphatic carbocycles. The highest BCUT2D eigenvalue weighted by molar-refractivity contribution is 6.31. The zero-order chi connectivity index (χ0) is 15.8. The van der Waals surface area contributed by atoms with Crippen LogP contribution >= 0.6 is 11.6 Å². The van der Waals surface area contributed by atoms with Gasteiger partial charge in [-0.1, -0.05) is 11.6 Å². The van der Waals surface area contributed by atoms with Crippen LogP contribution in [0, 0.1) is 6.92 Å². The number of hydrogen-bond donors (Lipinski definition) is 0. The number of pyridine rings is 1. The Labute approximate surface area is 137 Å². The first-order valence-electron chi connectivity index (χ1n) is 7.39. The molecule has 1 aliphatic rings. The van der Waals surface area contributed by atoms with Crippen molar-refractivity contribution in [2.75, 3.05) is 18.0 Å². The van der Waals surface area contributed by atoms with Gasteiger partial charge in [-0.3, -0.25) is 4.98 Å². The number of halogens is 1. The third kappa shape index (κ3) is 2.68. The first-order chi connectivity index (χ1) is 11.2. The van der Waals surface area contributed by atoms with Gasteiger partial charge in [-0.25, -0.2) is 4.98 Å². The van der Waals surface area contributed by atoms with Gasteiger partial charge in [-0.2, -0.15) is 14.6 Å². The molecule has 3 aromatic rings. The predicted molar refractivity (Wildman–Crippen MR) is 86.0 cm³/mol. The predicted octanol–water partition coefficient (Wildman–Crippen LogP) is 2.14. The van der Waals surface area contributed by atoms with Crippen molar-refractivity contribution in [1.29, 1.82) is 0 Å². The van der Waals surface area contributed by atoms with Crippen LogP contribution in [0.5, 0.6) is 5.75 Å². The highest BCUT2D eigenvalue weighted by Crippen LogP contribution is 2.27. The third-order valence-electron chi connectivity index (χ3n) is 3.86. The second-order valence-corrected chi connectivity index (χ2v) is 5.92. The number of rotatable bonds is 3. The van der Waals surface area contributed by atoms with Crippen LogP contribution in [-0.4, -0.2) is 43.8 Å². The van der Waals surface area contributed by atoms with Crippen molar-refractivity contribution in [3.05, 3.63) is 41.6 Å². The Balaban J connectivity index is 1.56. The first kappa shape index (κ1) is 14.2. The van der Waals surface area contributed by atoms with E-state index in [2.05, 4.69) is 25.0 Å². The summed E-state index contributed by atoms with van der Waals surface area (Å²) in [5.41, 5.74) is 0.919. The van der Waals surface area contributed by atoms with Crippen molar-refractivity contribution in [3.63, 3.8) is 0 Å². The molecule has 3 aromatic heterocycles. The minimum Gasteiger partial charge on any atom is -0.487 e. The van der Waals surface area contributed by atoms with E-state index in [1.807, 2.05) is 13.0 Å². The minimum atomic E-state index is 0.0712. The Morgan fingerprint density at radius 1 is 1.39 bits per heavy atom. The smallest absolute Gasteiger partial charge is 0.254 e. The fourth-order valence-corrected chi connectivity index (χ4v) is 2.97. The molecule has 1 saturated heterocycles. The fraction of sp³-hybridized carbons (Fsp3) is 0.333. The van der Waals surface area contributed by atoms with E-state index < -0.39 is 0 Å². The summed E-state index contributed by atoms with van der Waals surface area (Å²) in [6.45, 7) is 3.60. The Bertz CT molecular complexity index is 851. The number of nitrogens with zero attached hydrogens (tertiary/aromatic N) is 6. The second kappa shape index (κ2) is 5.66. The molecule has 0 saturated carbocycles. The Kier molecular flexibility index (Phi) is 3.49. The molecule has 1 unspecified atom stereocenters. The van der Waals surface area contributed by atoms with Crippen molar-refractivity contribution >= 4 is 23.2 Å². The zero-order valence-electron chi connectivity index (χ0n) is 12.6. The zero-order valence-corrected chi connectivity index (χ0v) is 13.3. The van der Waals surface area contributed by atoms with Crippen LogP contribution < -0.4 is 9.64 Å². The minimum absolute atomic E-state index is 0.0712. The SMILES string of the molecule is Cc1cc(N2CCC(Oc3ccncc3Cl)C2)n2ncnc2n1. The average molecular weight is 331 g/mol. The number of aryl methyl sites for hydroxylation is 1. The maximum absolute atomic E-state index is 6.11. The van der Waals surface area contributed by atoms with Crippen molar-refractivity contribution in [2.45, 2.75) is 19.4 Å². The van der Waals surface area contributed by atoms with Crippen LogP contribution in [0.4, 0.5) is 5.82 Å². The highest BCUT2D eigenvalue weighted by Gasteiger charge is 2.27. The van der Waals surface area contributed by atoms with Crippen molar-refractivity contribution in [2.24, 2.45) is 0 Å². The molecule has 0 radical (unpaired) electrons. The average Bonchev–Trinajstić information content (AvgIpc) is 3.17. The molecule has 0 spiro atoms. The van der Waals surface area contributed by atoms with Crippen molar-refractivity contribution < 1.29 is 4.74 Å². The van der Waals surface area contributed by atoms with E-state index in [1.54, 1.807) is 23.0 Å². The maximum Gasteiger partial charge on any atom is 0.254 e. The molecular formula is C15H15ClN6O. The van der Waals surface area contributed by atoms with Crippen molar-refractivity contribution in [1.82, 2.24) is 24.6 Å². The number of fused-ring (bicyclic) bond motifs is 1. The quantitative estimate of drug-likeness (QED) is 0.733. The lowest BCUT2D eigenvalue weighted by Crippen LogP contribution is -2.26. The van der Waals surface area contributed by atoms with Gasteiger partial charge < -0.3 is 9.64 Å². The monoisotopic (exact) mass is 330 g/mol. The molecule has 1 atom stereocenters. The first-order valence-corrected chi connectivity index (χ1v) is 7.77. The van der Waals surface area contributed by atoms with Gasteiger partial charge in [0.15, 0.2) is 0 Å². The van der Waals surface area contributed by atoms with Gasteiger partial charge in [-0.05, 0) is 6.92 Å². The van der Waals surface area contributed by atoms with Crippen LogP contribution in [0.25, 0.3) is 5.78 Å². The van der Waals surface area contributed by atoms with Gasteiger partial charge in [0.1, 0.15) is 29.0 Å². The molecule has 8 heteroatoms. The Morgan fingerprint density at radius 3 is 3.17 bits per heavy atom. The summed E-state index contributed by atoms with van der Waals surface area (Å²) in [6, 6.07) is 3.81. The van der Waals surface area contributed by atoms with E-state index in [1.165, 1.54) is 6.33 Å². The lowest BCUT2D eigenvalue weighted by molar-refractivity contribution is 0.225. The van der Waals surface area contributed by atoms with Gasteiger partial charge in [0.2, 0.25) is 0 Å². The van der Waals surface area contributed by atoms with Gasteiger partial charge in [0.05, 0.1) is 6.54 Å². The topological polar surface area (TPSA) is 68.4 Å². The van der Waals surface area contributed by atoms with Crippen LogP contribution in [0.15, 0.2) is 30.9 Å². The van der Waals surface area contributed by atoms with E-state index in [0.29, 0.717) is 16.5 Å². The van der Waals surface area contributed by atoms with Crippen LogP contribution in [0.3, 0.4) is 0 Å². The fourth-order valence-electron chi connectivity index (χ4n) is 2.81. The number of hydrogen-bond acceptors (Lipinski definition) is 6. The summed E-state index contributed by atoms with van der Waals surface area (Å²) in [6.07, 6.45) is 5.78. The van der Waals surface area contributed by atoms with E-state index in [9.17, 15) is 0 Å². The lowest BCUT2D eigenvalue weighted by atomic mass is 10.3. The lowest BCUT2D eigenvalue weighted by Gasteiger charge is -2.20. The van der Waals surface area contributed by atoms with E-state index in [4.69, 9.17) is 16.3 Å². The molecular weight excluding hydrogens is 316 g/mol. The van der Waals surface area contributed by atoms with Crippen LogP contribution in [0.2, 0.25) is 5.02 Å². The van der Waals surface area contributed by atoms with E-state index in [0.717, 1.165) is 31.0 Å². The number of ether oxygens (including phenoxy) is 1. The molecule has 0 bridgehead atoms. The summed E-state index contributed by atoms with van der Waals surface area (Å²) in [5, 5.41) is 4.79. The molecule has 0 aromatic carbocycles. The Hall–Kier alpha value is -2.41. The van der Waals surface area contributed by atoms with Crippen LogP contribution in [-0.2, 0) is 0 Å². The van der Waals surface area contributed by atoms with Crippen molar-refractivity contribution in [3.8, 4) is 5.75 Å². The Morgan fingerprint density at radius 2 is 2.30 bits per heavy atom. The number of anilines is 1. The molecule has 4 rings (SSSR count). The molecule has 0 N–H and O–H groups in total. The van der Waals surface area contributed by atoms with Gasteiger partial charge >= 0.3 is 0 Å². The number of aromatic nitrogens is 5. The molecule has 4 heterocycles. The van der Waals surface area contributed by atoms with E-state index in [-0.39, 0.29) is 6.10 Å². The third-order valence-corrected chi connectivity index (χ3v) is 4.14. The normalized spacial score (nSPS) is 17.8. The standard InChI is InChI=1S/C15H15ClN6O/c1-10-6-14(22-15(20-10)18-9-19-22)21-5-3-11(8-21)23-13-2-4-17-7-12(13)16/h2,4,6-7,9,11H,3,5,8H2,1H3. The maximum atomic E-state index is 6.11. The molecule has 7 nitrogen and oxygen atoms in total. The van der Waals surface area contributed by atoms with Crippen LogP contribution in [0.1, 0.15) is 12.1 Å². The largest absolute Gasteiger partial charge is 0.487 e. The summed E-state index contributed by atoms with van der Waals surface area (Å²) in [5.74, 6) is 2.27. The summed E-state index contributed by atoms with van der Waals surface area (Å²) >= 11 is 6.11. The van der Waals surface area contributed by atoms with Gasteiger partial charge in [-0.15, -0.1) is 0 Å². The highest BCUT2D eigenvalue weighted by atomic mass is 35.5. The molecule has 1 aliphatic heterocycles. The molecule has 0 amide bonds. The van der Waals surface area contributed by atoms with E-state index >= 15 is 0 Å². The molecule has 118 valence electrons.